The molecule has 1 atom stereocenters. The Bertz CT molecular complexity index is 467. The summed E-state index contributed by atoms with van der Waals surface area (Å²) in [6, 6.07) is 8.20. The molecule has 1 amide bonds. The van der Waals surface area contributed by atoms with Crippen LogP contribution in [0.4, 0.5) is 0 Å². The van der Waals surface area contributed by atoms with E-state index in [9.17, 15) is 9.00 Å². The zero-order valence-corrected chi connectivity index (χ0v) is 12.2. The minimum Gasteiger partial charge on any atom is -0.353 e. The Kier molecular flexibility index (Phi) is 5.14. The van der Waals surface area contributed by atoms with Gasteiger partial charge >= 0.3 is 0 Å². The molecule has 1 aromatic carbocycles. The first-order valence-electron chi connectivity index (χ1n) is 6.84. The lowest BCUT2D eigenvalue weighted by Gasteiger charge is -2.11. The van der Waals surface area contributed by atoms with Crippen LogP contribution in [-0.4, -0.2) is 21.9 Å². The lowest BCUT2D eigenvalue weighted by Crippen LogP contribution is -2.35. The molecule has 0 bridgehead atoms. The molecule has 1 unspecified atom stereocenters. The topological polar surface area (TPSA) is 46.2 Å². The fourth-order valence-corrected chi connectivity index (χ4v) is 3.63. The fourth-order valence-electron chi connectivity index (χ4n) is 2.48. The van der Waals surface area contributed by atoms with Gasteiger partial charge in [-0.1, -0.05) is 37.1 Å². The molecule has 1 fully saturated rings. The maximum atomic E-state index is 12.0. The number of carbonyl (C=O) groups excluding carboxylic acids is 1. The summed E-state index contributed by atoms with van der Waals surface area (Å²) in [5.74, 6) is 0.508. The summed E-state index contributed by atoms with van der Waals surface area (Å²) in [6.07, 6.45) is 4.51. The van der Waals surface area contributed by atoms with Gasteiger partial charge < -0.3 is 5.32 Å². The molecule has 4 heteroatoms. The van der Waals surface area contributed by atoms with E-state index in [2.05, 4.69) is 5.32 Å². The first-order valence-corrected chi connectivity index (χ1v) is 8.33. The average molecular weight is 279 g/mol. The van der Waals surface area contributed by atoms with E-state index in [1.165, 1.54) is 12.8 Å². The summed E-state index contributed by atoms with van der Waals surface area (Å²) in [7, 11) is -1.12. The van der Waals surface area contributed by atoms with Gasteiger partial charge in [0.2, 0.25) is 5.91 Å². The van der Waals surface area contributed by atoms with Gasteiger partial charge in [0.25, 0.3) is 0 Å². The number of carbonyl (C=O) groups is 1. The molecule has 0 saturated heterocycles. The van der Waals surface area contributed by atoms with Crippen LogP contribution in [0.1, 0.15) is 36.8 Å². The molecule has 0 aliphatic heterocycles. The van der Waals surface area contributed by atoms with E-state index < -0.39 is 10.8 Å². The van der Waals surface area contributed by atoms with Crippen LogP contribution in [0.25, 0.3) is 0 Å². The number of nitrogens with one attached hydrogen (secondary N) is 1. The van der Waals surface area contributed by atoms with Crippen molar-refractivity contribution in [3.8, 4) is 0 Å². The number of hydrogen-bond donors (Lipinski definition) is 1. The lowest BCUT2D eigenvalue weighted by atomic mass is 10.1. The highest BCUT2D eigenvalue weighted by molar-refractivity contribution is 7.84. The summed E-state index contributed by atoms with van der Waals surface area (Å²) < 4.78 is 12.0. The quantitative estimate of drug-likeness (QED) is 0.899. The summed E-state index contributed by atoms with van der Waals surface area (Å²) in [5, 5.41) is 2.98. The van der Waals surface area contributed by atoms with E-state index in [1.54, 1.807) is 0 Å². The molecular weight excluding hydrogens is 258 g/mol. The van der Waals surface area contributed by atoms with Crippen molar-refractivity contribution in [1.29, 1.82) is 0 Å². The predicted molar refractivity (Wildman–Crippen MR) is 78.3 cm³/mol. The van der Waals surface area contributed by atoms with Gasteiger partial charge in [0.15, 0.2) is 0 Å². The standard InChI is InChI=1S/C15H21NO2S/c1-12-6-2-3-7-13(12)10-19(18)11-15(17)16-14-8-4-5-9-14/h2-3,6-7,14H,4-5,8-11H2,1H3,(H,16,17). The van der Waals surface area contributed by atoms with Gasteiger partial charge in [0.1, 0.15) is 5.75 Å². The van der Waals surface area contributed by atoms with Crippen molar-refractivity contribution in [1.82, 2.24) is 5.32 Å². The smallest absolute Gasteiger partial charge is 0.232 e. The van der Waals surface area contributed by atoms with Gasteiger partial charge in [-0.2, -0.15) is 0 Å². The van der Waals surface area contributed by atoms with Crippen LogP contribution in [0.5, 0.6) is 0 Å². The van der Waals surface area contributed by atoms with Crippen molar-refractivity contribution in [3.05, 3.63) is 35.4 Å². The molecule has 1 aliphatic rings. The number of benzene rings is 1. The maximum Gasteiger partial charge on any atom is 0.232 e. The minimum atomic E-state index is -1.12. The molecule has 0 radical (unpaired) electrons. The van der Waals surface area contributed by atoms with Gasteiger partial charge in [-0.05, 0) is 30.9 Å². The predicted octanol–water partition coefficient (Wildman–Crippen LogP) is 2.30. The molecule has 1 aromatic rings. The van der Waals surface area contributed by atoms with E-state index in [-0.39, 0.29) is 11.7 Å². The van der Waals surface area contributed by atoms with Crippen LogP contribution >= 0.6 is 0 Å². The molecule has 1 N–H and O–H groups in total. The van der Waals surface area contributed by atoms with Crippen molar-refractivity contribution < 1.29 is 9.00 Å². The molecule has 1 saturated carbocycles. The largest absolute Gasteiger partial charge is 0.353 e. The van der Waals surface area contributed by atoms with Crippen molar-refractivity contribution >= 4 is 16.7 Å². The van der Waals surface area contributed by atoms with Gasteiger partial charge in [-0.3, -0.25) is 9.00 Å². The SMILES string of the molecule is Cc1ccccc1CS(=O)CC(=O)NC1CCCC1. The third-order valence-electron chi connectivity index (χ3n) is 3.59. The number of amides is 1. The second kappa shape index (κ2) is 6.85. The summed E-state index contributed by atoms with van der Waals surface area (Å²) in [4.78, 5) is 11.8. The van der Waals surface area contributed by atoms with Crippen LogP contribution in [-0.2, 0) is 21.3 Å². The molecule has 0 aromatic heterocycles. The van der Waals surface area contributed by atoms with Crippen LogP contribution < -0.4 is 5.32 Å². The van der Waals surface area contributed by atoms with Crippen LogP contribution in [0.15, 0.2) is 24.3 Å². The zero-order valence-electron chi connectivity index (χ0n) is 11.4. The second-order valence-electron chi connectivity index (χ2n) is 5.20. The van der Waals surface area contributed by atoms with E-state index in [1.807, 2.05) is 31.2 Å². The van der Waals surface area contributed by atoms with Crippen molar-refractivity contribution in [3.63, 3.8) is 0 Å². The molecule has 1 aliphatic carbocycles. The summed E-state index contributed by atoms with van der Waals surface area (Å²) in [5.41, 5.74) is 2.20. The van der Waals surface area contributed by atoms with Crippen molar-refractivity contribution in [2.24, 2.45) is 0 Å². The van der Waals surface area contributed by atoms with Crippen molar-refractivity contribution in [2.75, 3.05) is 5.75 Å². The fraction of sp³-hybridized carbons (Fsp3) is 0.533. The Morgan fingerprint density at radius 2 is 2.00 bits per heavy atom. The van der Waals surface area contributed by atoms with E-state index in [4.69, 9.17) is 0 Å². The van der Waals surface area contributed by atoms with Crippen LogP contribution in [0, 0.1) is 6.92 Å². The monoisotopic (exact) mass is 279 g/mol. The molecular formula is C15H21NO2S. The van der Waals surface area contributed by atoms with E-state index >= 15 is 0 Å². The molecule has 0 spiro atoms. The van der Waals surface area contributed by atoms with Gasteiger partial charge in [0, 0.05) is 22.6 Å². The molecule has 19 heavy (non-hydrogen) atoms. The highest BCUT2D eigenvalue weighted by Crippen LogP contribution is 2.17. The molecule has 2 rings (SSSR count). The zero-order chi connectivity index (χ0) is 13.7. The van der Waals surface area contributed by atoms with Crippen LogP contribution in [0.3, 0.4) is 0 Å². The van der Waals surface area contributed by atoms with Gasteiger partial charge in [-0.15, -0.1) is 0 Å². The number of aryl methyl sites for hydroxylation is 1. The Labute approximate surface area is 117 Å². The maximum absolute atomic E-state index is 12.0. The molecule has 0 heterocycles. The lowest BCUT2D eigenvalue weighted by molar-refractivity contribution is -0.119. The number of rotatable bonds is 5. The molecule has 3 nitrogen and oxygen atoms in total. The Hall–Kier alpha value is -1.16. The molecule has 104 valence electrons. The normalized spacial score (nSPS) is 17.3. The van der Waals surface area contributed by atoms with Gasteiger partial charge in [0.05, 0.1) is 0 Å². The summed E-state index contributed by atoms with van der Waals surface area (Å²) >= 11 is 0. The van der Waals surface area contributed by atoms with Gasteiger partial charge in [-0.25, -0.2) is 0 Å². The van der Waals surface area contributed by atoms with Crippen LogP contribution in [0.2, 0.25) is 0 Å². The Morgan fingerprint density at radius 3 is 2.68 bits per heavy atom. The first-order chi connectivity index (χ1) is 9.15. The minimum absolute atomic E-state index is 0.0705. The average Bonchev–Trinajstić information content (AvgIpc) is 2.84. The first kappa shape index (κ1) is 14.3. The third kappa shape index (κ3) is 4.46. The summed E-state index contributed by atoms with van der Waals surface area (Å²) in [6.45, 7) is 2.01. The second-order valence-corrected chi connectivity index (χ2v) is 6.66. The highest BCUT2D eigenvalue weighted by atomic mass is 32.2. The van der Waals surface area contributed by atoms with E-state index in [0.29, 0.717) is 11.8 Å². The Morgan fingerprint density at radius 1 is 1.32 bits per heavy atom. The Balaban J connectivity index is 1.80. The number of hydrogen-bond acceptors (Lipinski definition) is 2. The highest BCUT2D eigenvalue weighted by Gasteiger charge is 2.18. The van der Waals surface area contributed by atoms with Crippen molar-refractivity contribution in [2.45, 2.75) is 44.4 Å². The van der Waals surface area contributed by atoms with E-state index in [0.717, 1.165) is 24.0 Å². The third-order valence-corrected chi connectivity index (χ3v) is 4.81.